The van der Waals surface area contributed by atoms with Crippen molar-refractivity contribution in [2.24, 2.45) is 0 Å². The zero-order valence-corrected chi connectivity index (χ0v) is 9.00. The van der Waals surface area contributed by atoms with E-state index in [0.717, 1.165) is 39.3 Å². The first-order valence-electron chi connectivity index (χ1n) is 4.67. The standard InChI is InChI=1S/C8H18NO3P/c1-13(10,11)8-2-3-9-4-6-12-7-5-9/h2-8H2,1H3,(H,10,11). The van der Waals surface area contributed by atoms with Crippen LogP contribution in [0.1, 0.15) is 6.42 Å². The predicted octanol–water partition coefficient (Wildman–Crippen LogP) is 0.609. The SMILES string of the molecule is CP(=O)(O)CCCN1CCOCC1. The van der Waals surface area contributed by atoms with Crippen LogP contribution in [-0.2, 0) is 9.30 Å². The van der Waals surface area contributed by atoms with Gasteiger partial charge in [-0.15, -0.1) is 0 Å². The van der Waals surface area contributed by atoms with Crippen molar-refractivity contribution in [1.82, 2.24) is 4.90 Å². The minimum atomic E-state index is -2.79. The second-order valence-electron chi connectivity index (χ2n) is 3.58. The quantitative estimate of drug-likeness (QED) is 0.686. The van der Waals surface area contributed by atoms with Crippen molar-refractivity contribution >= 4 is 7.37 Å². The molecule has 1 aliphatic rings. The molecule has 1 rings (SSSR count). The lowest BCUT2D eigenvalue weighted by Gasteiger charge is -2.26. The van der Waals surface area contributed by atoms with Crippen LogP contribution in [0.3, 0.4) is 0 Å². The van der Waals surface area contributed by atoms with E-state index in [4.69, 9.17) is 9.63 Å². The van der Waals surface area contributed by atoms with Crippen molar-refractivity contribution in [1.29, 1.82) is 0 Å². The number of hydrogen-bond donors (Lipinski definition) is 1. The Balaban J connectivity index is 2.08. The molecule has 1 fully saturated rings. The number of nitrogens with zero attached hydrogens (tertiary/aromatic N) is 1. The van der Waals surface area contributed by atoms with Crippen LogP contribution in [-0.4, -0.2) is 55.5 Å². The van der Waals surface area contributed by atoms with Gasteiger partial charge in [0, 0.05) is 25.9 Å². The maximum absolute atomic E-state index is 11.0. The molecular formula is C8H18NO3P. The van der Waals surface area contributed by atoms with E-state index in [1.165, 1.54) is 6.66 Å². The van der Waals surface area contributed by atoms with E-state index in [1.807, 2.05) is 0 Å². The summed E-state index contributed by atoms with van der Waals surface area (Å²) in [5, 5.41) is 0. The van der Waals surface area contributed by atoms with E-state index in [9.17, 15) is 4.57 Å². The molecule has 1 saturated heterocycles. The summed E-state index contributed by atoms with van der Waals surface area (Å²) in [4.78, 5) is 11.3. The van der Waals surface area contributed by atoms with E-state index in [1.54, 1.807) is 0 Å². The molecule has 1 unspecified atom stereocenters. The van der Waals surface area contributed by atoms with Gasteiger partial charge in [-0.2, -0.15) is 0 Å². The highest BCUT2D eigenvalue weighted by Gasteiger charge is 2.13. The molecule has 0 amide bonds. The van der Waals surface area contributed by atoms with Gasteiger partial charge in [-0.3, -0.25) is 9.46 Å². The third kappa shape index (κ3) is 5.42. The van der Waals surface area contributed by atoms with Crippen LogP contribution in [0.2, 0.25) is 0 Å². The monoisotopic (exact) mass is 207 g/mol. The van der Waals surface area contributed by atoms with Crippen LogP contribution in [0.5, 0.6) is 0 Å². The van der Waals surface area contributed by atoms with Crippen molar-refractivity contribution in [3.05, 3.63) is 0 Å². The molecule has 0 saturated carbocycles. The molecule has 1 atom stereocenters. The Morgan fingerprint density at radius 2 is 2.08 bits per heavy atom. The fraction of sp³-hybridized carbons (Fsp3) is 1.00. The summed E-state index contributed by atoms with van der Waals surface area (Å²) < 4.78 is 16.2. The molecule has 5 heteroatoms. The Hall–Kier alpha value is 0.110. The number of ether oxygens (including phenoxy) is 1. The summed E-state index contributed by atoms with van der Waals surface area (Å²) >= 11 is 0. The number of rotatable bonds is 4. The second kappa shape index (κ2) is 5.11. The molecule has 1 aliphatic heterocycles. The smallest absolute Gasteiger partial charge is 0.197 e. The molecule has 0 spiro atoms. The largest absolute Gasteiger partial charge is 0.379 e. The van der Waals surface area contributed by atoms with Gasteiger partial charge in [-0.25, -0.2) is 0 Å². The Morgan fingerprint density at radius 1 is 1.46 bits per heavy atom. The second-order valence-corrected chi connectivity index (χ2v) is 6.13. The topological polar surface area (TPSA) is 49.8 Å². The van der Waals surface area contributed by atoms with Crippen LogP contribution in [0.4, 0.5) is 0 Å². The third-order valence-electron chi connectivity index (χ3n) is 2.15. The highest BCUT2D eigenvalue weighted by molar-refractivity contribution is 7.57. The number of hydrogen-bond acceptors (Lipinski definition) is 3. The van der Waals surface area contributed by atoms with Crippen LogP contribution >= 0.6 is 7.37 Å². The minimum Gasteiger partial charge on any atom is -0.379 e. The van der Waals surface area contributed by atoms with E-state index in [2.05, 4.69) is 4.90 Å². The van der Waals surface area contributed by atoms with Crippen LogP contribution in [0.15, 0.2) is 0 Å². The highest BCUT2D eigenvalue weighted by Crippen LogP contribution is 2.35. The van der Waals surface area contributed by atoms with Gasteiger partial charge < -0.3 is 9.63 Å². The Morgan fingerprint density at radius 3 is 2.62 bits per heavy atom. The summed E-state index contributed by atoms with van der Waals surface area (Å²) in [7, 11) is -2.79. The summed E-state index contributed by atoms with van der Waals surface area (Å²) in [6.07, 6.45) is 1.24. The van der Waals surface area contributed by atoms with Crippen LogP contribution in [0, 0.1) is 0 Å². The predicted molar refractivity (Wildman–Crippen MR) is 52.5 cm³/mol. The van der Waals surface area contributed by atoms with Crippen molar-refractivity contribution in [2.45, 2.75) is 6.42 Å². The lowest BCUT2D eigenvalue weighted by Crippen LogP contribution is -2.37. The van der Waals surface area contributed by atoms with E-state index in [-0.39, 0.29) is 0 Å². The first kappa shape index (κ1) is 11.2. The van der Waals surface area contributed by atoms with E-state index < -0.39 is 7.37 Å². The van der Waals surface area contributed by atoms with Gasteiger partial charge in [0.25, 0.3) is 0 Å². The summed E-state index contributed by atoms with van der Waals surface area (Å²) in [6.45, 7) is 5.85. The zero-order chi connectivity index (χ0) is 9.73. The van der Waals surface area contributed by atoms with Crippen LogP contribution in [0.25, 0.3) is 0 Å². The molecule has 0 aromatic rings. The summed E-state index contributed by atoms with van der Waals surface area (Å²) in [6, 6.07) is 0. The zero-order valence-electron chi connectivity index (χ0n) is 8.11. The Bertz CT molecular complexity index is 186. The molecule has 0 aromatic heterocycles. The molecule has 1 N–H and O–H groups in total. The van der Waals surface area contributed by atoms with Gasteiger partial charge in [0.05, 0.1) is 13.2 Å². The van der Waals surface area contributed by atoms with Gasteiger partial charge in [0.1, 0.15) is 0 Å². The van der Waals surface area contributed by atoms with Crippen LogP contribution < -0.4 is 0 Å². The fourth-order valence-electron chi connectivity index (χ4n) is 1.41. The normalized spacial score (nSPS) is 24.2. The molecule has 0 bridgehead atoms. The highest BCUT2D eigenvalue weighted by atomic mass is 31.2. The molecule has 0 aliphatic carbocycles. The summed E-state index contributed by atoms with van der Waals surface area (Å²) in [5.74, 6) is 0. The molecule has 78 valence electrons. The van der Waals surface area contributed by atoms with Crippen molar-refractivity contribution < 1.29 is 14.2 Å². The lowest BCUT2D eigenvalue weighted by atomic mass is 10.4. The van der Waals surface area contributed by atoms with E-state index >= 15 is 0 Å². The van der Waals surface area contributed by atoms with Gasteiger partial charge in [-0.05, 0) is 13.0 Å². The third-order valence-corrected chi connectivity index (χ3v) is 3.30. The molecule has 1 heterocycles. The average molecular weight is 207 g/mol. The number of morpholine rings is 1. The Kier molecular flexibility index (Phi) is 4.39. The molecule has 13 heavy (non-hydrogen) atoms. The first-order valence-corrected chi connectivity index (χ1v) is 6.96. The molecular weight excluding hydrogens is 189 g/mol. The maximum Gasteiger partial charge on any atom is 0.197 e. The molecule has 0 radical (unpaired) electrons. The van der Waals surface area contributed by atoms with Gasteiger partial charge in [0.15, 0.2) is 7.37 Å². The molecule has 4 nitrogen and oxygen atoms in total. The van der Waals surface area contributed by atoms with Crippen molar-refractivity contribution in [3.63, 3.8) is 0 Å². The van der Waals surface area contributed by atoms with Gasteiger partial charge >= 0.3 is 0 Å². The van der Waals surface area contributed by atoms with E-state index in [0.29, 0.717) is 6.16 Å². The van der Waals surface area contributed by atoms with Crippen molar-refractivity contribution in [2.75, 3.05) is 45.7 Å². The van der Waals surface area contributed by atoms with Gasteiger partial charge in [-0.1, -0.05) is 0 Å². The average Bonchev–Trinajstić information content (AvgIpc) is 2.04. The fourth-order valence-corrected chi connectivity index (χ4v) is 2.14. The first-order chi connectivity index (χ1) is 6.08. The lowest BCUT2D eigenvalue weighted by molar-refractivity contribution is 0.0380. The maximum atomic E-state index is 11.0. The van der Waals surface area contributed by atoms with Crippen molar-refractivity contribution in [3.8, 4) is 0 Å². The Labute approximate surface area is 79.3 Å². The van der Waals surface area contributed by atoms with Gasteiger partial charge in [0.2, 0.25) is 0 Å². The summed E-state index contributed by atoms with van der Waals surface area (Å²) in [5.41, 5.74) is 0. The molecule has 0 aromatic carbocycles. The minimum absolute atomic E-state index is 0.435.